The molecule has 0 aliphatic carbocycles. The number of nitrogens with zero attached hydrogens (tertiary/aromatic N) is 3. The third-order valence-corrected chi connectivity index (χ3v) is 7.68. The third-order valence-electron chi connectivity index (χ3n) is 7.24. The highest BCUT2D eigenvalue weighted by atomic mass is 35.5. The molecule has 6 rings (SSSR count). The van der Waals surface area contributed by atoms with E-state index in [1.807, 2.05) is 6.20 Å². The van der Waals surface area contributed by atoms with Gasteiger partial charge in [0, 0.05) is 51.4 Å². The molecule has 0 saturated carbocycles. The molecule has 8 nitrogen and oxygen atoms in total. The maximum Gasteiger partial charge on any atom is 0.210 e. The number of allylic oxidation sites excluding steroid dienone is 1. The number of aromatic nitrogens is 2. The molecule has 0 bridgehead atoms. The van der Waals surface area contributed by atoms with Crippen LogP contribution in [-0.4, -0.2) is 35.6 Å². The summed E-state index contributed by atoms with van der Waals surface area (Å²) in [6.45, 7) is 3.87. The average molecular weight is 537 g/mol. The number of hydrogen-bond donors (Lipinski definition) is 5. The molecule has 10 heteroatoms. The first-order valence-electron chi connectivity index (χ1n) is 12.6. The summed E-state index contributed by atoms with van der Waals surface area (Å²) in [7, 11) is 0. The second kappa shape index (κ2) is 10.1. The number of fused-ring (bicyclic) bond motifs is 1. The number of nitrogens with one attached hydrogen (secondary N) is 4. The summed E-state index contributed by atoms with van der Waals surface area (Å²) in [5, 5.41) is 19.6. The van der Waals surface area contributed by atoms with E-state index in [9.17, 15) is 0 Å². The molecule has 2 aromatic carbocycles. The fourth-order valence-electron chi connectivity index (χ4n) is 5.21. The highest BCUT2D eigenvalue weighted by Crippen LogP contribution is 2.32. The van der Waals surface area contributed by atoms with Crippen molar-refractivity contribution in [1.82, 2.24) is 25.7 Å². The van der Waals surface area contributed by atoms with Crippen LogP contribution in [0.2, 0.25) is 10.0 Å². The predicted octanol–water partition coefficient (Wildman–Crippen LogP) is 3.98. The number of nitrogens with two attached hydrogens (primary N) is 1. The van der Waals surface area contributed by atoms with E-state index in [4.69, 9.17) is 39.0 Å². The molecule has 0 amide bonds. The summed E-state index contributed by atoms with van der Waals surface area (Å²) in [4.78, 5) is 4.73. The van der Waals surface area contributed by atoms with Crippen LogP contribution < -0.4 is 27.0 Å². The van der Waals surface area contributed by atoms with Gasteiger partial charge in [0.05, 0.1) is 12.2 Å². The van der Waals surface area contributed by atoms with E-state index in [-0.39, 0.29) is 0 Å². The lowest BCUT2D eigenvalue weighted by Gasteiger charge is -2.34. The van der Waals surface area contributed by atoms with Crippen molar-refractivity contribution in [2.75, 3.05) is 25.0 Å². The molecule has 6 N–H and O–H groups in total. The standard InChI is InChI=1S/C27H30Cl2N8/c28-21-10-20(11-22(29)12-21)27(30)33-15-25(19-14-34-37(16-19)24-4-7-31-8-5-24)26(36-27)35-23-2-1-17-3-6-32-13-18(17)9-23/h1-2,9-12,14-16,24,31-32,35-36H,3-8,13,30H2. The van der Waals surface area contributed by atoms with Gasteiger partial charge in [0.1, 0.15) is 5.82 Å². The maximum atomic E-state index is 6.80. The summed E-state index contributed by atoms with van der Waals surface area (Å²) in [5.41, 5.74) is 12.9. The number of halogens is 2. The van der Waals surface area contributed by atoms with E-state index < -0.39 is 5.79 Å². The van der Waals surface area contributed by atoms with Crippen LogP contribution in [0.25, 0.3) is 5.57 Å². The van der Waals surface area contributed by atoms with Crippen molar-refractivity contribution >= 4 is 40.7 Å². The molecule has 3 aliphatic heterocycles. The first kappa shape index (κ1) is 24.5. The largest absolute Gasteiger partial charge is 0.341 e. The molecule has 1 atom stereocenters. The van der Waals surface area contributed by atoms with E-state index in [0.29, 0.717) is 21.7 Å². The zero-order valence-electron chi connectivity index (χ0n) is 20.4. The van der Waals surface area contributed by atoms with Gasteiger partial charge in [0.25, 0.3) is 0 Å². The van der Waals surface area contributed by atoms with Crippen molar-refractivity contribution in [2.45, 2.75) is 37.6 Å². The first-order valence-corrected chi connectivity index (χ1v) is 13.4. The van der Waals surface area contributed by atoms with Crippen LogP contribution in [0.15, 0.2) is 59.6 Å². The van der Waals surface area contributed by atoms with Crippen LogP contribution in [0.5, 0.6) is 0 Å². The maximum absolute atomic E-state index is 6.80. The monoisotopic (exact) mass is 536 g/mol. The minimum absolute atomic E-state index is 0.385. The van der Waals surface area contributed by atoms with Gasteiger partial charge >= 0.3 is 0 Å². The zero-order chi connectivity index (χ0) is 25.4. The molecule has 0 spiro atoms. The molecule has 3 aromatic rings. The van der Waals surface area contributed by atoms with Gasteiger partial charge in [-0.3, -0.25) is 10.4 Å². The number of rotatable bonds is 5. The molecule has 1 aromatic heterocycles. The number of anilines is 1. The Kier molecular flexibility index (Phi) is 6.69. The molecule has 3 aliphatic rings. The Labute approximate surface area is 226 Å². The van der Waals surface area contributed by atoms with E-state index in [1.165, 1.54) is 11.1 Å². The van der Waals surface area contributed by atoms with Crippen LogP contribution in [0.1, 0.15) is 41.1 Å². The topological polar surface area (TPSA) is 104 Å². The van der Waals surface area contributed by atoms with Crippen molar-refractivity contribution in [2.24, 2.45) is 10.7 Å². The minimum atomic E-state index is -1.25. The molecule has 37 heavy (non-hydrogen) atoms. The van der Waals surface area contributed by atoms with Crippen molar-refractivity contribution in [3.8, 4) is 0 Å². The lowest BCUT2D eigenvalue weighted by atomic mass is 10.00. The second-order valence-corrected chi connectivity index (χ2v) is 10.7. The molecule has 1 unspecified atom stereocenters. The first-order chi connectivity index (χ1) is 18.0. The number of aliphatic imine (C=N–C) groups is 1. The Morgan fingerprint density at radius 2 is 1.81 bits per heavy atom. The number of hydrogen-bond acceptors (Lipinski definition) is 7. The summed E-state index contributed by atoms with van der Waals surface area (Å²) in [6, 6.07) is 12.1. The normalized spacial score (nSPS) is 22.0. The summed E-state index contributed by atoms with van der Waals surface area (Å²) < 4.78 is 2.07. The Morgan fingerprint density at radius 1 is 1.00 bits per heavy atom. The van der Waals surface area contributed by atoms with Gasteiger partial charge in [0.2, 0.25) is 5.79 Å². The summed E-state index contributed by atoms with van der Waals surface area (Å²) in [6.07, 6.45) is 8.94. The fraction of sp³-hybridized carbons (Fsp3) is 0.333. The van der Waals surface area contributed by atoms with Crippen molar-refractivity contribution < 1.29 is 0 Å². The molecular weight excluding hydrogens is 507 g/mol. The van der Waals surface area contributed by atoms with Crippen LogP contribution >= 0.6 is 23.2 Å². The Morgan fingerprint density at radius 3 is 2.62 bits per heavy atom. The van der Waals surface area contributed by atoms with Crippen molar-refractivity contribution in [1.29, 1.82) is 0 Å². The smallest absolute Gasteiger partial charge is 0.210 e. The van der Waals surface area contributed by atoms with Gasteiger partial charge in [-0.1, -0.05) is 29.3 Å². The highest BCUT2D eigenvalue weighted by molar-refractivity contribution is 6.34. The lowest BCUT2D eigenvalue weighted by molar-refractivity contribution is 0.343. The van der Waals surface area contributed by atoms with Crippen LogP contribution in [-0.2, 0) is 18.8 Å². The van der Waals surface area contributed by atoms with Crippen LogP contribution in [0, 0.1) is 0 Å². The predicted molar refractivity (Wildman–Crippen MR) is 150 cm³/mol. The lowest BCUT2D eigenvalue weighted by Crippen LogP contribution is -2.51. The minimum Gasteiger partial charge on any atom is -0.341 e. The molecular formula is C27H30Cl2N8. The Balaban J connectivity index is 1.37. The molecule has 4 heterocycles. The summed E-state index contributed by atoms with van der Waals surface area (Å²) in [5.74, 6) is -0.511. The second-order valence-electron chi connectivity index (χ2n) is 9.82. The van der Waals surface area contributed by atoms with Crippen LogP contribution in [0.3, 0.4) is 0 Å². The van der Waals surface area contributed by atoms with Gasteiger partial charge < -0.3 is 21.3 Å². The fourth-order valence-corrected chi connectivity index (χ4v) is 5.74. The van der Waals surface area contributed by atoms with Gasteiger partial charge in [-0.05, 0) is 80.4 Å². The Bertz CT molecular complexity index is 1350. The highest BCUT2D eigenvalue weighted by Gasteiger charge is 2.32. The van der Waals surface area contributed by atoms with E-state index in [1.54, 1.807) is 24.4 Å². The summed E-state index contributed by atoms with van der Waals surface area (Å²) >= 11 is 12.6. The Hall–Kier alpha value is -2.88. The van der Waals surface area contributed by atoms with Crippen LogP contribution in [0.4, 0.5) is 5.69 Å². The van der Waals surface area contributed by atoms with Gasteiger partial charge in [-0.25, -0.2) is 4.99 Å². The van der Waals surface area contributed by atoms with Crippen molar-refractivity contribution in [3.05, 3.63) is 86.9 Å². The molecule has 192 valence electrons. The van der Waals surface area contributed by atoms with E-state index in [0.717, 1.165) is 68.1 Å². The molecule has 1 fully saturated rings. The molecule has 1 saturated heterocycles. The van der Waals surface area contributed by atoms with Gasteiger partial charge in [0.15, 0.2) is 0 Å². The molecule has 0 radical (unpaired) electrons. The third kappa shape index (κ3) is 5.12. The quantitative estimate of drug-likeness (QED) is 0.337. The van der Waals surface area contributed by atoms with Crippen molar-refractivity contribution in [3.63, 3.8) is 0 Å². The van der Waals surface area contributed by atoms with Gasteiger partial charge in [-0.15, -0.1) is 0 Å². The number of benzene rings is 2. The SMILES string of the molecule is NC1(c2cc(Cl)cc(Cl)c2)N=CC(c2cnn(C3CCNCC3)c2)=C(Nc2ccc3c(c2)CNCC3)N1. The van der Waals surface area contributed by atoms with E-state index >= 15 is 0 Å². The average Bonchev–Trinajstić information content (AvgIpc) is 3.39. The number of piperidine rings is 1. The van der Waals surface area contributed by atoms with E-state index in [2.05, 4.69) is 50.3 Å². The van der Waals surface area contributed by atoms with Gasteiger partial charge in [-0.2, -0.15) is 5.10 Å². The zero-order valence-corrected chi connectivity index (χ0v) is 21.9.